The van der Waals surface area contributed by atoms with E-state index in [9.17, 15) is 14.4 Å². The summed E-state index contributed by atoms with van der Waals surface area (Å²) >= 11 is 0. The standard InChI is InChI=1S/C25H25N3O6/c1-15-13-34-28-22(15)12-26-24(31)21(10-11-23(29)30)27-25(32)33-14-20-18-8-4-2-6-16(18)17-7-3-5-9-19(17)20/h2-9,13,20-21H,10-12,14H2,1H3,(H,26,31)(H,27,32)(H,29,30). The van der Waals surface area contributed by atoms with E-state index in [0.717, 1.165) is 27.8 Å². The van der Waals surface area contributed by atoms with Gasteiger partial charge in [0.2, 0.25) is 5.91 Å². The molecule has 0 spiro atoms. The highest BCUT2D eigenvalue weighted by molar-refractivity contribution is 5.86. The minimum atomic E-state index is -1.07. The Morgan fingerprint density at radius 1 is 1.09 bits per heavy atom. The number of aliphatic carboxylic acids is 1. The molecule has 0 bridgehead atoms. The Labute approximate surface area is 196 Å². The Balaban J connectivity index is 1.39. The van der Waals surface area contributed by atoms with Crippen LogP contribution in [0.3, 0.4) is 0 Å². The van der Waals surface area contributed by atoms with Gasteiger partial charge in [-0.05, 0) is 35.6 Å². The number of alkyl carbamates (subject to hydrolysis) is 1. The molecule has 2 aromatic carbocycles. The van der Waals surface area contributed by atoms with Gasteiger partial charge in [0.1, 0.15) is 24.6 Å². The first-order valence-electron chi connectivity index (χ1n) is 10.9. The summed E-state index contributed by atoms with van der Waals surface area (Å²) in [5, 5.41) is 18.0. The molecule has 1 heterocycles. The number of carbonyl (C=O) groups excluding carboxylic acids is 2. The van der Waals surface area contributed by atoms with Gasteiger partial charge in [-0.15, -0.1) is 0 Å². The van der Waals surface area contributed by atoms with E-state index in [0.29, 0.717) is 5.69 Å². The summed E-state index contributed by atoms with van der Waals surface area (Å²) in [5.74, 6) is -1.73. The van der Waals surface area contributed by atoms with Crippen molar-refractivity contribution in [2.75, 3.05) is 6.61 Å². The number of aromatic nitrogens is 1. The molecule has 34 heavy (non-hydrogen) atoms. The average molecular weight is 463 g/mol. The van der Waals surface area contributed by atoms with Crippen LogP contribution in [0.25, 0.3) is 11.1 Å². The Kier molecular flexibility index (Phi) is 6.91. The number of carboxylic acid groups (broad SMARTS) is 1. The Morgan fingerprint density at radius 3 is 2.32 bits per heavy atom. The van der Waals surface area contributed by atoms with E-state index in [1.807, 2.05) is 48.5 Å². The number of benzene rings is 2. The van der Waals surface area contributed by atoms with Gasteiger partial charge in [0.15, 0.2) is 0 Å². The van der Waals surface area contributed by atoms with E-state index in [-0.39, 0.29) is 31.9 Å². The van der Waals surface area contributed by atoms with Crippen LogP contribution in [0.5, 0.6) is 0 Å². The summed E-state index contributed by atoms with van der Waals surface area (Å²) in [6.07, 6.45) is 0.302. The fourth-order valence-electron chi connectivity index (χ4n) is 4.09. The number of hydrogen-bond donors (Lipinski definition) is 3. The van der Waals surface area contributed by atoms with E-state index in [4.69, 9.17) is 14.4 Å². The van der Waals surface area contributed by atoms with Crippen LogP contribution >= 0.6 is 0 Å². The van der Waals surface area contributed by atoms with Gasteiger partial charge in [-0.2, -0.15) is 0 Å². The van der Waals surface area contributed by atoms with Crippen LogP contribution in [0.4, 0.5) is 4.79 Å². The molecule has 176 valence electrons. The third-order valence-corrected chi connectivity index (χ3v) is 5.88. The molecule has 1 aromatic heterocycles. The topological polar surface area (TPSA) is 131 Å². The number of nitrogens with one attached hydrogen (secondary N) is 2. The van der Waals surface area contributed by atoms with Crippen molar-refractivity contribution >= 4 is 18.0 Å². The molecular formula is C25H25N3O6. The maximum absolute atomic E-state index is 12.7. The van der Waals surface area contributed by atoms with Crippen LogP contribution in [-0.2, 0) is 20.9 Å². The zero-order chi connectivity index (χ0) is 24.1. The zero-order valence-corrected chi connectivity index (χ0v) is 18.6. The lowest BCUT2D eigenvalue weighted by Gasteiger charge is -2.19. The normalized spacial score (nSPS) is 13.0. The predicted molar refractivity (Wildman–Crippen MR) is 122 cm³/mol. The molecule has 0 saturated heterocycles. The number of rotatable bonds is 9. The Hall–Kier alpha value is -4.14. The highest BCUT2D eigenvalue weighted by Gasteiger charge is 2.30. The SMILES string of the molecule is Cc1conc1CNC(=O)C(CCC(=O)O)NC(=O)OCC1c2ccccc2-c2ccccc21. The van der Waals surface area contributed by atoms with Crippen molar-refractivity contribution < 1.29 is 28.8 Å². The summed E-state index contributed by atoms with van der Waals surface area (Å²) in [6.45, 7) is 1.97. The molecule has 1 unspecified atom stereocenters. The molecular weight excluding hydrogens is 438 g/mol. The van der Waals surface area contributed by atoms with Crippen LogP contribution in [0.15, 0.2) is 59.3 Å². The van der Waals surface area contributed by atoms with Gasteiger partial charge >= 0.3 is 12.1 Å². The van der Waals surface area contributed by atoms with Gasteiger partial charge in [0.05, 0.1) is 6.54 Å². The monoisotopic (exact) mass is 463 g/mol. The first-order valence-corrected chi connectivity index (χ1v) is 10.9. The molecule has 0 radical (unpaired) electrons. The molecule has 9 heteroatoms. The summed E-state index contributed by atoms with van der Waals surface area (Å²) in [4.78, 5) is 36.3. The first kappa shape index (κ1) is 23.0. The van der Waals surface area contributed by atoms with E-state index < -0.39 is 24.0 Å². The fraction of sp³-hybridized carbons (Fsp3) is 0.280. The number of nitrogens with zero attached hydrogens (tertiary/aromatic N) is 1. The van der Waals surface area contributed by atoms with Gasteiger partial charge in [-0.3, -0.25) is 9.59 Å². The van der Waals surface area contributed by atoms with Crippen molar-refractivity contribution in [1.82, 2.24) is 15.8 Å². The van der Waals surface area contributed by atoms with Gasteiger partial charge in [0, 0.05) is 17.9 Å². The van der Waals surface area contributed by atoms with E-state index in [1.54, 1.807) is 6.92 Å². The van der Waals surface area contributed by atoms with E-state index in [1.165, 1.54) is 6.26 Å². The summed E-state index contributed by atoms with van der Waals surface area (Å²) < 4.78 is 10.3. The fourth-order valence-corrected chi connectivity index (χ4v) is 4.09. The number of aryl methyl sites for hydroxylation is 1. The molecule has 0 fully saturated rings. The molecule has 2 amide bonds. The van der Waals surface area contributed by atoms with Crippen LogP contribution in [-0.4, -0.2) is 40.9 Å². The van der Waals surface area contributed by atoms with Crippen LogP contribution < -0.4 is 10.6 Å². The lowest BCUT2D eigenvalue weighted by molar-refractivity contribution is -0.137. The van der Waals surface area contributed by atoms with Crippen molar-refractivity contribution in [3.05, 3.63) is 77.2 Å². The lowest BCUT2D eigenvalue weighted by Crippen LogP contribution is -2.47. The number of ether oxygens (including phenoxy) is 1. The largest absolute Gasteiger partial charge is 0.481 e. The number of hydrogen-bond acceptors (Lipinski definition) is 6. The number of carboxylic acids is 1. The van der Waals surface area contributed by atoms with Gasteiger partial charge in [-0.25, -0.2) is 4.79 Å². The van der Waals surface area contributed by atoms with Crippen molar-refractivity contribution in [3.63, 3.8) is 0 Å². The molecule has 1 atom stereocenters. The highest BCUT2D eigenvalue weighted by Crippen LogP contribution is 2.44. The van der Waals surface area contributed by atoms with Crippen LogP contribution in [0, 0.1) is 6.92 Å². The summed E-state index contributed by atoms with van der Waals surface area (Å²) in [7, 11) is 0. The molecule has 0 saturated carbocycles. The quantitative estimate of drug-likeness (QED) is 0.443. The smallest absolute Gasteiger partial charge is 0.407 e. The van der Waals surface area contributed by atoms with E-state index >= 15 is 0 Å². The van der Waals surface area contributed by atoms with Crippen molar-refractivity contribution in [3.8, 4) is 11.1 Å². The summed E-state index contributed by atoms with van der Waals surface area (Å²) in [5.41, 5.74) is 5.67. The second-order valence-electron chi connectivity index (χ2n) is 8.12. The second-order valence-corrected chi connectivity index (χ2v) is 8.12. The molecule has 4 rings (SSSR count). The Bertz CT molecular complexity index is 1160. The van der Waals surface area contributed by atoms with Crippen molar-refractivity contribution in [2.45, 2.75) is 38.3 Å². The maximum Gasteiger partial charge on any atom is 0.407 e. The third-order valence-electron chi connectivity index (χ3n) is 5.88. The average Bonchev–Trinajstić information content (AvgIpc) is 3.39. The van der Waals surface area contributed by atoms with Gasteiger partial charge in [0.25, 0.3) is 0 Å². The van der Waals surface area contributed by atoms with Crippen LogP contribution in [0.1, 0.15) is 41.1 Å². The molecule has 3 N–H and O–H groups in total. The minimum Gasteiger partial charge on any atom is -0.481 e. The second kappa shape index (κ2) is 10.2. The summed E-state index contributed by atoms with van der Waals surface area (Å²) in [6, 6.07) is 14.9. The number of amides is 2. The predicted octanol–water partition coefficient (Wildman–Crippen LogP) is 3.37. The third kappa shape index (κ3) is 5.09. The molecule has 9 nitrogen and oxygen atoms in total. The van der Waals surface area contributed by atoms with Gasteiger partial charge < -0.3 is 25.0 Å². The maximum atomic E-state index is 12.7. The highest BCUT2D eigenvalue weighted by atomic mass is 16.5. The molecule has 3 aromatic rings. The van der Waals surface area contributed by atoms with Gasteiger partial charge in [-0.1, -0.05) is 53.7 Å². The number of fused-ring (bicyclic) bond motifs is 3. The lowest BCUT2D eigenvalue weighted by atomic mass is 9.98. The molecule has 1 aliphatic rings. The van der Waals surface area contributed by atoms with Crippen molar-refractivity contribution in [2.24, 2.45) is 0 Å². The zero-order valence-electron chi connectivity index (χ0n) is 18.6. The first-order chi connectivity index (χ1) is 16.4. The molecule has 0 aliphatic heterocycles. The molecule has 1 aliphatic carbocycles. The van der Waals surface area contributed by atoms with Crippen LogP contribution in [0.2, 0.25) is 0 Å². The van der Waals surface area contributed by atoms with E-state index in [2.05, 4.69) is 15.8 Å². The Morgan fingerprint density at radius 2 is 1.74 bits per heavy atom. The van der Waals surface area contributed by atoms with Crippen molar-refractivity contribution in [1.29, 1.82) is 0 Å². The number of carbonyl (C=O) groups is 3. The minimum absolute atomic E-state index is 0.0802.